The maximum absolute atomic E-state index is 5.79. The Morgan fingerprint density at radius 3 is 2.55 bits per heavy atom. The molecule has 0 aliphatic heterocycles. The van der Waals surface area contributed by atoms with E-state index in [9.17, 15) is 0 Å². The minimum atomic E-state index is 0.630. The topological polar surface area (TPSA) is 9.23 Å². The smallest absolute Gasteiger partial charge is 0.115 e. The molecule has 2 rings (SSSR count). The van der Waals surface area contributed by atoms with Crippen molar-refractivity contribution in [3.05, 3.63) is 77.6 Å². The highest BCUT2D eigenvalue weighted by atomic mass is 16.5. The summed E-state index contributed by atoms with van der Waals surface area (Å²) in [4.78, 5) is 0. The molecule has 20 heavy (non-hydrogen) atoms. The highest BCUT2D eigenvalue weighted by molar-refractivity contribution is 5.73. The van der Waals surface area contributed by atoms with Crippen molar-refractivity contribution in [1.82, 2.24) is 0 Å². The van der Waals surface area contributed by atoms with Gasteiger partial charge in [-0.05, 0) is 55.5 Å². The quantitative estimate of drug-likeness (QED) is 0.647. The molecule has 0 fully saturated rings. The maximum Gasteiger partial charge on any atom is 0.115 e. The van der Waals surface area contributed by atoms with Crippen LogP contribution in [0.3, 0.4) is 0 Å². The van der Waals surface area contributed by atoms with E-state index in [1.165, 1.54) is 16.7 Å². The molecule has 0 radical (unpaired) electrons. The fourth-order valence-electron chi connectivity index (χ4n) is 2.20. The van der Waals surface area contributed by atoms with E-state index in [4.69, 9.17) is 4.74 Å². The maximum atomic E-state index is 5.79. The summed E-state index contributed by atoms with van der Waals surface area (Å²) in [5.74, 6) is 0.989. The molecule has 1 aliphatic carbocycles. The predicted octanol–water partition coefficient (Wildman–Crippen LogP) is 5.42. The Bertz CT molecular complexity index is 542. The normalized spacial score (nSPS) is 15.5. The van der Waals surface area contributed by atoms with Crippen LogP contribution in [-0.2, 0) is 11.3 Å². The van der Waals surface area contributed by atoms with Gasteiger partial charge in [0.15, 0.2) is 0 Å². The SMILES string of the molecule is C/C=C\C(=C/C)c1ccc(COC2=CCCC=C2)cc1. The second kappa shape index (κ2) is 7.54. The van der Waals surface area contributed by atoms with Crippen LogP contribution in [0.5, 0.6) is 0 Å². The van der Waals surface area contributed by atoms with Crippen molar-refractivity contribution in [3.8, 4) is 0 Å². The molecule has 0 aromatic heterocycles. The van der Waals surface area contributed by atoms with Crippen molar-refractivity contribution in [3.63, 3.8) is 0 Å². The van der Waals surface area contributed by atoms with Crippen LogP contribution < -0.4 is 0 Å². The molecule has 0 bridgehead atoms. The highest BCUT2D eigenvalue weighted by Crippen LogP contribution is 2.18. The molecule has 0 saturated heterocycles. The van der Waals surface area contributed by atoms with E-state index in [1.807, 2.05) is 6.92 Å². The van der Waals surface area contributed by atoms with Gasteiger partial charge in [-0.1, -0.05) is 48.6 Å². The van der Waals surface area contributed by atoms with Gasteiger partial charge in [-0.3, -0.25) is 0 Å². The van der Waals surface area contributed by atoms with E-state index in [2.05, 4.69) is 67.6 Å². The minimum absolute atomic E-state index is 0.630. The lowest BCUT2D eigenvalue weighted by Gasteiger charge is -2.10. The molecule has 0 amide bonds. The average molecular weight is 266 g/mol. The third-order valence-corrected chi connectivity index (χ3v) is 3.31. The fraction of sp³-hybridized carbons (Fsp3) is 0.263. The molecule has 104 valence electrons. The van der Waals surface area contributed by atoms with Gasteiger partial charge in [0.2, 0.25) is 0 Å². The molecule has 1 aromatic carbocycles. The summed E-state index contributed by atoms with van der Waals surface area (Å²) in [6.45, 7) is 4.73. The molecule has 0 spiro atoms. The number of hydrogen-bond donors (Lipinski definition) is 0. The number of allylic oxidation sites excluding steroid dienone is 7. The van der Waals surface area contributed by atoms with Crippen molar-refractivity contribution in [2.75, 3.05) is 0 Å². The molecule has 0 heterocycles. The first-order valence-electron chi connectivity index (χ1n) is 7.21. The van der Waals surface area contributed by atoms with E-state index < -0.39 is 0 Å². The fourth-order valence-corrected chi connectivity index (χ4v) is 2.20. The first-order valence-corrected chi connectivity index (χ1v) is 7.21. The summed E-state index contributed by atoms with van der Waals surface area (Å²) in [6.07, 6.45) is 14.9. The summed E-state index contributed by atoms with van der Waals surface area (Å²) in [5.41, 5.74) is 3.69. The van der Waals surface area contributed by atoms with E-state index in [0.29, 0.717) is 6.61 Å². The second-order valence-electron chi connectivity index (χ2n) is 4.82. The summed E-state index contributed by atoms with van der Waals surface area (Å²) in [7, 11) is 0. The molecule has 1 nitrogen and oxygen atoms in total. The lowest BCUT2D eigenvalue weighted by Crippen LogP contribution is -1.94. The van der Waals surface area contributed by atoms with Crippen LogP contribution in [0.1, 0.15) is 37.8 Å². The van der Waals surface area contributed by atoms with Crippen LogP contribution in [0.25, 0.3) is 5.57 Å². The Labute approximate surface area is 122 Å². The van der Waals surface area contributed by atoms with Crippen LogP contribution in [0.15, 0.2) is 66.5 Å². The van der Waals surface area contributed by atoms with Gasteiger partial charge in [-0.25, -0.2) is 0 Å². The molecule has 1 heteroatoms. The van der Waals surface area contributed by atoms with Gasteiger partial charge < -0.3 is 4.74 Å². The molecular weight excluding hydrogens is 244 g/mol. The largest absolute Gasteiger partial charge is 0.489 e. The van der Waals surface area contributed by atoms with Gasteiger partial charge in [0.1, 0.15) is 12.4 Å². The number of hydrogen-bond acceptors (Lipinski definition) is 1. The Morgan fingerprint density at radius 2 is 1.95 bits per heavy atom. The van der Waals surface area contributed by atoms with E-state index >= 15 is 0 Å². The molecule has 0 atom stereocenters. The summed E-state index contributed by atoms with van der Waals surface area (Å²) in [5, 5.41) is 0. The summed E-state index contributed by atoms with van der Waals surface area (Å²) >= 11 is 0. The van der Waals surface area contributed by atoms with Crippen molar-refractivity contribution in [2.24, 2.45) is 0 Å². The average Bonchev–Trinajstić information content (AvgIpc) is 2.52. The van der Waals surface area contributed by atoms with Crippen LogP contribution in [0, 0.1) is 0 Å². The summed E-state index contributed by atoms with van der Waals surface area (Å²) in [6, 6.07) is 8.57. The van der Waals surface area contributed by atoms with Crippen LogP contribution in [0.2, 0.25) is 0 Å². The summed E-state index contributed by atoms with van der Waals surface area (Å²) < 4.78 is 5.79. The molecule has 0 saturated carbocycles. The van der Waals surface area contributed by atoms with E-state index in [1.54, 1.807) is 0 Å². The Kier molecular flexibility index (Phi) is 5.43. The van der Waals surface area contributed by atoms with Crippen LogP contribution >= 0.6 is 0 Å². The zero-order chi connectivity index (χ0) is 14.2. The predicted molar refractivity (Wildman–Crippen MR) is 86.2 cm³/mol. The van der Waals surface area contributed by atoms with Crippen molar-refractivity contribution in [1.29, 1.82) is 0 Å². The molecule has 1 aliphatic rings. The van der Waals surface area contributed by atoms with Crippen molar-refractivity contribution < 1.29 is 4.74 Å². The zero-order valence-electron chi connectivity index (χ0n) is 12.3. The Morgan fingerprint density at radius 1 is 1.15 bits per heavy atom. The highest BCUT2D eigenvalue weighted by Gasteiger charge is 2.01. The zero-order valence-corrected chi connectivity index (χ0v) is 12.3. The number of ether oxygens (including phenoxy) is 1. The lowest BCUT2D eigenvalue weighted by atomic mass is 10.0. The molecular formula is C19H22O. The van der Waals surface area contributed by atoms with Gasteiger partial charge in [-0.2, -0.15) is 0 Å². The van der Waals surface area contributed by atoms with Gasteiger partial charge in [-0.15, -0.1) is 0 Å². The third kappa shape index (κ3) is 3.99. The Balaban J connectivity index is 1.98. The van der Waals surface area contributed by atoms with E-state index in [0.717, 1.165) is 18.6 Å². The Hall–Kier alpha value is -2.02. The number of rotatable bonds is 5. The monoisotopic (exact) mass is 266 g/mol. The minimum Gasteiger partial charge on any atom is -0.489 e. The second-order valence-corrected chi connectivity index (χ2v) is 4.82. The molecule has 0 N–H and O–H groups in total. The van der Waals surface area contributed by atoms with E-state index in [-0.39, 0.29) is 0 Å². The van der Waals surface area contributed by atoms with Crippen LogP contribution in [-0.4, -0.2) is 0 Å². The van der Waals surface area contributed by atoms with Gasteiger partial charge in [0.05, 0.1) is 0 Å². The third-order valence-electron chi connectivity index (χ3n) is 3.31. The lowest BCUT2D eigenvalue weighted by molar-refractivity contribution is 0.209. The van der Waals surface area contributed by atoms with Crippen molar-refractivity contribution in [2.45, 2.75) is 33.3 Å². The van der Waals surface area contributed by atoms with Gasteiger partial charge in [0, 0.05) is 0 Å². The van der Waals surface area contributed by atoms with Crippen LogP contribution in [0.4, 0.5) is 0 Å². The standard InChI is InChI=1S/C19H22O/c1-3-8-17(4-2)18-13-11-16(12-14-18)15-20-19-9-6-5-7-10-19/h3-4,6,8-14H,5,7,15H2,1-2H3/b8-3-,17-4+. The van der Waals surface area contributed by atoms with Gasteiger partial charge >= 0.3 is 0 Å². The van der Waals surface area contributed by atoms with Crippen molar-refractivity contribution >= 4 is 5.57 Å². The number of benzene rings is 1. The first-order chi connectivity index (χ1) is 9.83. The molecule has 1 aromatic rings. The van der Waals surface area contributed by atoms with Gasteiger partial charge in [0.25, 0.3) is 0 Å². The first kappa shape index (κ1) is 14.4. The molecule has 0 unspecified atom stereocenters.